The Bertz CT molecular complexity index is 452. The van der Waals surface area contributed by atoms with Crippen molar-refractivity contribution in [2.45, 2.75) is 19.9 Å². The Labute approximate surface area is 113 Å². The smallest absolute Gasteiger partial charge is 0.252 e. The monoisotopic (exact) mass is 318 g/mol. The lowest BCUT2D eigenvalue weighted by Crippen LogP contribution is -2.41. The second-order valence-electron chi connectivity index (χ2n) is 4.36. The third kappa shape index (κ3) is 3.43. The first-order valence-corrected chi connectivity index (χ1v) is 6.32. The molecule has 1 atom stereocenters. The van der Waals surface area contributed by atoms with Gasteiger partial charge in [0.25, 0.3) is 5.91 Å². The normalized spacial score (nSPS) is 12.6. The Balaban J connectivity index is 2.94. The zero-order valence-electron chi connectivity index (χ0n) is 10.2. The number of rotatable bonds is 4. The number of aliphatic hydroxyl groups is 1. The van der Waals surface area contributed by atoms with E-state index in [1.807, 2.05) is 13.8 Å². The predicted molar refractivity (Wildman–Crippen MR) is 71.7 cm³/mol. The molecule has 100 valence electrons. The Kier molecular flexibility index (Phi) is 5.10. The largest absolute Gasteiger partial charge is 0.396 e. The molecule has 18 heavy (non-hydrogen) atoms. The summed E-state index contributed by atoms with van der Waals surface area (Å²) < 4.78 is 13.5. The molecule has 0 spiro atoms. The highest BCUT2D eigenvalue weighted by molar-refractivity contribution is 9.10. The van der Waals surface area contributed by atoms with Gasteiger partial charge < -0.3 is 16.2 Å². The van der Waals surface area contributed by atoms with E-state index in [0.29, 0.717) is 4.47 Å². The summed E-state index contributed by atoms with van der Waals surface area (Å²) in [5.41, 5.74) is 5.58. The van der Waals surface area contributed by atoms with Crippen molar-refractivity contribution in [3.8, 4) is 0 Å². The highest BCUT2D eigenvalue weighted by Gasteiger charge is 2.19. The summed E-state index contributed by atoms with van der Waals surface area (Å²) in [6.07, 6.45) is 0. The molecule has 0 aromatic heterocycles. The van der Waals surface area contributed by atoms with Gasteiger partial charge in [-0.1, -0.05) is 13.8 Å². The van der Waals surface area contributed by atoms with Gasteiger partial charge in [0.15, 0.2) is 0 Å². The van der Waals surface area contributed by atoms with E-state index in [1.54, 1.807) is 0 Å². The lowest BCUT2D eigenvalue weighted by molar-refractivity contribution is 0.0896. The van der Waals surface area contributed by atoms with Crippen molar-refractivity contribution < 1.29 is 14.3 Å². The highest BCUT2D eigenvalue weighted by Crippen LogP contribution is 2.23. The summed E-state index contributed by atoms with van der Waals surface area (Å²) in [6.45, 7) is 3.61. The van der Waals surface area contributed by atoms with E-state index >= 15 is 0 Å². The van der Waals surface area contributed by atoms with E-state index in [0.717, 1.165) is 6.07 Å². The number of hydrogen-bond donors (Lipinski definition) is 3. The SMILES string of the molecule is CC(C)[C@@H](CO)NC(=O)c1cc(N)c(F)cc1Br. The predicted octanol–water partition coefficient (Wildman–Crippen LogP) is 1.92. The molecule has 0 aliphatic rings. The Hall–Kier alpha value is -1.14. The molecule has 1 aromatic rings. The second-order valence-corrected chi connectivity index (χ2v) is 5.21. The average molecular weight is 319 g/mol. The molecule has 6 heteroatoms. The number of halogens is 2. The molecule has 0 heterocycles. The lowest BCUT2D eigenvalue weighted by Gasteiger charge is -2.20. The Morgan fingerprint density at radius 2 is 2.17 bits per heavy atom. The van der Waals surface area contributed by atoms with Crippen LogP contribution in [0.4, 0.5) is 10.1 Å². The van der Waals surface area contributed by atoms with Crippen LogP contribution in [0.5, 0.6) is 0 Å². The Morgan fingerprint density at radius 3 is 2.67 bits per heavy atom. The van der Waals surface area contributed by atoms with Gasteiger partial charge in [0.2, 0.25) is 0 Å². The molecule has 0 aliphatic heterocycles. The fraction of sp³-hybridized carbons (Fsp3) is 0.417. The van der Waals surface area contributed by atoms with Crippen molar-refractivity contribution in [3.63, 3.8) is 0 Å². The molecule has 0 saturated heterocycles. The molecule has 0 bridgehead atoms. The first-order valence-electron chi connectivity index (χ1n) is 5.53. The van der Waals surface area contributed by atoms with Crippen LogP contribution in [0.2, 0.25) is 0 Å². The number of carbonyl (C=O) groups excluding carboxylic acids is 1. The number of amides is 1. The van der Waals surface area contributed by atoms with Crippen molar-refractivity contribution in [2.75, 3.05) is 12.3 Å². The van der Waals surface area contributed by atoms with Crippen LogP contribution in [0.1, 0.15) is 24.2 Å². The van der Waals surface area contributed by atoms with Crippen LogP contribution in [0, 0.1) is 11.7 Å². The number of nitrogens with one attached hydrogen (secondary N) is 1. The third-order valence-electron chi connectivity index (χ3n) is 2.65. The van der Waals surface area contributed by atoms with Crippen LogP contribution < -0.4 is 11.1 Å². The van der Waals surface area contributed by atoms with Gasteiger partial charge in [0, 0.05) is 4.47 Å². The first kappa shape index (κ1) is 14.9. The quantitative estimate of drug-likeness (QED) is 0.742. The molecule has 1 amide bonds. The van der Waals surface area contributed by atoms with Gasteiger partial charge in [0.1, 0.15) is 5.82 Å². The first-order chi connectivity index (χ1) is 8.36. The van der Waals surface area contributed by atoms with Crippen molar-refractivity contribution in [1.29, 1.82) is 0 Å². The number of nitrogen functional groups attached to an aromatic ring is 1. The highest BCUT2D eigenvalue weighted by atomic mass is 79.9. The number of anilines is 1. The zero-order valence-corrected chi connectivity index (χ0v) is 11.8. The molecular formula is C12H16BrFN2O2. The zero-order chi connectivity index (χ0) is 13.9. The van der Waals surface area contributed by atoms with Crippen LogP contribution >= 0.6 is 15.9 Å². The molecule has 0 unspecified atom stereocenters. The fourth-order valence-electron chi connectivity index (χ4n) is 1.41. The Morgan fingerprint density at radius 1 is 1.56 bits per heavy atom. The molecule has 0 aliphatic carbocycles. The summed E-state index contributed by atoms with van der Waals surface area (Å²) in [4.78, 5) is 12.0. The minimum Gasteiger partial charge on any atom is -0.396 e. The standard InChI is InChI=1S/C12H16BrFN2O2/c1-6(2)11(5-17)16-12(18)7-3-10(15)9(14)4-8(7)13/h3-4,6,11,17H,5,15H2,1-2H3,(H,16,18)/t11-/m1/s1. The summed E-state index contributed by atoms with van der Waals surface area (Å²) in [5.74, 6) is -0.891. The number of aliphatic hydroxyl groups excluding tert-OH is 1. The lowest BCUT2D eigenvalue weighted by atomic mass is 10.0. The minimum absolute atomic E-state index is 0.0894. The van der Waals surface area contributed by atoms with Crippen LogP contribution in [0.25, 0.3) is 0 Å². The van der Waals surface area contributed by atoms with Crippen LogP contribution in [0.15, 0.2) is 16.6 Å². The maximum absolute atomic E-state index is 13.2. The van der Waals surface area contributed by atoms with Gasteiger partial charge in [-0.15, -0.1) is 0 Å². The summed E-state index contributed by atoms with van der Waals surface area (Å²) in [6, 6.07) is 2.06. The molecule has 4 nitrogen and oxygen atoms in total. The number of carbonyl (C=O) groups is 1. The molecular weight excluding hydrogens is 303 g/mol. The van der Waals surface area contributed by atoms with Crippen molar-refractivity contribution >= 4 is 27.5 Å². The maximum atomic E-state index is 13.2. The summed E-state index contributed by atoms with van der Waals surface area (Å²) in [5, 5.41) is 11.8. The van der Waals surface area contributed by atoms with Crippen LogP contribution in [0.3, 0.4) is 0 Å². The van der Waals surface area contributed by atoms with E-state index in [1.165, 1.54) is 6.07 Å². The van der Waals surface area contributed by atoms with Crippen molar-refractivity contribution in [3.05, 3.63) is 28.0 Å². The molecule has 4 N–H and O–H groups in total. The molecule has 1 rings (SSSR count). The van der Waals surface area contributed by atoms with E-state index in [-0.39, 0.29) is 29.8 Å². The van der Waals surface area contributed by atoms with E-state index in [2.05, 4.69) is 21.2 Å². The second kappa shape index (κ2) is 6.15. The van der Waals surface area contributed by atoms with Gasteiger partial charge in [0.05, 0.1) is 23.9 Å². The molecule has 0 fully saturated rings. The molecule has 0 saturated carbocycles. The number of benzene rings is 1. The molecule has 0 radical (unpaired) electrons. The van der Waals surface area contributed by atoms with Crippen LogP contribution in [-0.2, 0) is 0 Å². The van der Waals surface area contributed by atoms with Crippen molar-refractivity contribution in [2.24, 2.45) is 5.92 Å². The maximum Gasteiger partial charge on any atom is 0.252 e. The minimum atomic E-state index is -0.582. The summed E-state index contributed by atoms with van der Waals surface area (Å²) >= 11 is 3.11. The number of hydrogen-bond acceptors (Lipinski definition) is 3. The summed E-state index contributed by atoms with van der Waals surface area (Å²) in [7, 11) is 0. The van der Waals surface area contributed by atoms with Gasteiger partial charge in [-0.3, -0.25) is 4.79 Å². The van der Waals surface area contributed by atoms with Gasteiger partial charge in [-0.25, -0.2) is 4.39 Å². The van der Waals surface area contributed by atoms with Gasteiger partial charge >= 0.3 is 0 Å². The van der Waals surface area contributed by atoms with E-state index in [9.17, 15) is 9.18 Å². The topological polar surface area (TPSA) is 75.3 Å². The fourth-order valence-corrected chi connectivity index (χ4v) is 1.90. The third-order valence-corrected chi connectivity index (χ3v) is 3.31. The molecule has 1 aromatic carbocycles. The van der Waals surface area contributed by atoms with Gasteiger partial charge in [-0.05, 0) is 34.0 Å². The number of nitrogens with two attached hydrogens (primary N) is 1. The van der Waals surface area contributed by atoms with Crippen molar-refractivity contribution in [1.82, 2.24) is 5.32 Å². The van der Waals surface area contributed by atoms with E-state index < -0.39 is 11.7 Å². The van der Waals surface area contributed by atoms with Crippen LogP contribution in [-0.4, -0.2) is 23.7 Å². The average Bonchev–Trinajstić information content (AvgIpc) is 2.29. The van der Waals surface area contributed by atoms with E-state index in [4.69, 9.17) is 10.8 Å². The van der Waals surface area contributed by atoms with Gasteiger partial charge in [-0.2, -0.15) is 0 Å².